The van der Waals surface area contributed by atoms with Gasteiger partial charge in [-0.05, 0) is 50.3 Å². The summed E-state index contributed by atoms with van der Waals surface area (Å²) in [7, 11) is 0. The topological polar surface area (TPSA) is 113 Å². The number of benzene rings is 1. The lowest BCUT2D eigenvalue weighted by Gasteiger charge is -2.33. The Morgan fingerprint density at radius 1 is 1.14 bits per heavy atom. The number of likely N-dealkylation sites (tertiary alicyclic amines) is 1. The highest BCUT2D eigenvalue weighted by Crippen LogP contribution is 2.39. The summed E-state index contributed by atoms with van der Waals surface area (Å²) in [5.74, 6) is -1.27. The lowest BCUT2D eigenvalue weighted by atomic mass is 10.0. The molecule has 0 spiro atoms. The SMILES string of the molecule is O=C(Nc1cccc(C(=O)N2CCCCC2C(=O)O)c1)c1cc(C2CC2)no1. The molecule has 146 valence electrons. The van der Waals surface area contributed by atoms with E-state index < -0.39 is 17.9 Å². The Balaban J connectivity index is 1.48. The predicted octanol–water partition coefficient (Wildman–Crippen LogP) is 2.88. The maximum Gasteiger partial charge on any atom is 0.326 e. The molecule has 1 aromatic carbocycles. The fraction of sp³-hybridized carbons (Fsp3) is 0.400. The van der Waals surface area contributed by atoms with Crippen molar-refractivity contribution >= 4 is 23.5 Å². The second-order valence-electron chi connectivity index (χ2n) is 7.27. The first-order valence-electron chi connectivity index (χ1n) is 9.45. The Hall–Kier alpha value is -3.16. The van der Waals surface area contributed by atoms with Crippen molar-refractivity contribution in [3.05, 3.63) is 47.3 Å². The minimum absolute atomic E-state index is 0.126. The summed E-state index contributed by atoms with van der Waals surface area (Å²) in [5.41, 5.74) is 1.56. The molecule has 2 fully saturated rings. The minimum Gasteiger partial charge on any atom is -0.480 e. The number of aliphatic carboxylic acids is 1. The van der Waals surface area contributed by atoms with Crippen molar-refractivity contribution in [3.8, 4) is 0 Å². The maximum atomic E-state index is 12.8. The number of carbonyl (C=O) groups excluding carboxylic acids is 2. The van der Waals surface area contributed by atoms with E-state index in [1.165, 1.54) is 4.90 Å². The van der Waals surface area contributed by atoms with Gasteiger partial charge < -0.3 is 19.8 Å². The van der Waals surface area contributed by atoms with Crippen molar-refractivity contribution < 1.29 is 24.0 Å². The van der Waals surface area contributed by atoms with E-state index in [1.807, 2.05) is 0 Å². The molecule has 8 heteroatoms. The van der Waals surface area contributed by atoms with Crippen molar-refractivity contribution in [1.29, 1.82) is 0 Å². The summed E-state index contributed by atoms with van der Waals surface area (Å²) < 4.78 is 5.11. The van der Waals surface area contributed by atoms with Gasteiger partial charge in [0.25, 0.3) is 11.8 Å². The number of carboxylic acid groups (broad SMARTS) is 1. The molecule has 2 amide bonds. The Bertz CT molecular complexity index is 918. The molecule has 2 aromatic rings. The third-order valence-electron chi connectivity index (χ3n) is 5.16. The summed E-state index contributed by atoms with van der Waals surface area (Å²) in [6.07, 6.45) is 4.14. The second-order valence-corrected chi connectivity index (χ2v) is 7.27. The molecule has 28 heavy (non-hydrogen) atoms. The van der Waals surface area contributed by atoms with Crippen LogP contribution in [0.3, 0.4) is 0 Å². The van der Waals surface area contributed by atoms with Crippen molar-refractivity contribution in [2.24, 2.45) is 0 Å². The van der Waals surface area contributed by atoms with E-state index in [1.54, 1.807) is 30.3 Å². The van der Waals surface area contributed by atoms with Gasteiger partial charge in [-0.3, -0.25) is 9.59 Å². The van der Waals surface area contributed by atoms with Crippen molar-refractivity contribution in [3.63, 3.8) is 0 Å². The van der Waals surface area contributed by atoms with Crippen molar-refractivity contribution in [2.45, 2.75) is 44.1 Å². The number of hydrogen-bond acceptors (Lipinski definition) is 5. The van der Waals surface area contributed by atoms with Crippen LogP contribution in [0, 0.1) is 0 Å². The summed E-state index contributed by atoms with van der Waals surface area (Å²) >= 11 is 0. The van der Waals surface area contributed by atoms with Gasteiger partial charge >= 0.3 is 5.97 Å². The number of hydrogen-bond donors (Lipinski definition) is 2. The van der Waals surface area contributed by atoms with Crippen LogP contribution in [0.2, 0.25) is 0 Å². The number of aromatic nitrogens is 1. The highest BCUT2D eigenvalue weighted by atomic mass is 16.5. The van der Waals surface area contributed by atoms with Gasteiger partial charge in [-0.2, -0.15) is 0 Å². The molecule has 1 saturated heterocycles. The molecular weight excluding hydrogens is 362 g/mol. The average molecular weight is 383 g/mol. The summed E-state index contributed by atoms with van der Waals surface area (Å²) in [5, 5.41) is 16.0. The van der Waals surface area contributed by atoms with Gasteiger partial charge in [-0.15, -0.1) is 0 Å². The maximum absolute atomic E-state index is 12.8. The molecule has 8 nitrogen and oxygen atoms in total. The molecule has 1 aromatic heterocycles. The lowest BCUT2D eigenvalue weighted by Crippen LogP contribution is -2.48. The molecule has 4 rings (SSSR count). The number of piperidine rings is 1. The van der Waals surface area contributed by atoms with E-state index >= 15 is 0 Å². The van der Waals surface area contributed by atoms with E-state index in [4.69, 9.17) is 4.52 Å². The number of nitrogens with zero attached hydrogens (tertiary/aromatic N) is 2. The smallest absolute Gasteiger partial charge is 0.326 e. The number of carboxylic acids is 1. The number of carbonyl (C=O) groups is 3. The highest BCUT2D eigenvalue weighted by molar-refractivity contribution is 6.03. The van der Waals surface area contributed by atoms with Crippen LogP contribution in [-0.4, -0.2) is 45.5 Å². The number of anilines is 1. The first kappa shape index (κ1) is 18.2. The molecular formula is C20H21N3O5. The van der Waals surface area contributed by atoms with Gasteiger partial charge in [0.1, 0.15) is 6.04 Å². The van der Waals surface area contributed by atoms with Crippen LogP contribution in [-0.2, 0) is 4.79 Å². The summed E-state index contributed by atoms with van der Waals surface area (Å²) in [4.78, 5) is 38.1. The van der Waals surface area contributed by atoms with Gasteiger partial charge in [0, 0.05) is 29.8 Å². The van der Waals surface area contributed by atoms with Gasteiger partial charge in [0.15, 0.2) is 0 Å². The molecule has 2 heterocycles. The van der Waals surface area contributed by atoms with Crippen LogP contribution in [0.5, 0.6) is 0 Å². The van der Waals surface area contributed by atoms with E-state index in [2.05, 4.69) is 10.5 Å². The Kier molecular flexibility index (Phi) is 4.85. The Morgan fingerprint density at radius 3 is 2.71 bits per heavy atom. The number of rotatable bonds is 5. The standard InChI is InChI=1S/C20H21N3O5/c24-18(17-11-15(22-28-17)12-7-8-12)21-14-5-3-4-13(10-14)19(25)23-9-2-1-6-16(23)20(26)27/h3-5,10-12,16H,1-2,6-9H2,(H,21,24)(H,26,27). The molecule has 1 aliphatic carbocycles. The third kappa shape index (κ3) is 3.76. The zero-order valence-electron chi connectivity index (χ0n) is 15.3. The Labute approximate surface area is 161 Å². The summed E-state index contributed by atoms with van der Waals surface area (Å²) in [6, 6.07) is 7.31. The summed E-state index contributed by atoms with van der Waals surface area (Å²) in [6.45, 7) is 0.411. The monoisotopic (exact) mass is 383 g/mol. The van der Waals surface area contributed by atoms with Crippen LogP contribution in [0.25, 0.3) is 0 Å². The number of nitrogens with one attached hydrogen (secondary N) is 1. The minimum atomic E-state index is -0.991. The molecule has 2 aliphatic rings. The van der Waals surface area contributed by atoms with Gasteiger partial charge in [-0.1, -0.05) is 11.2 Å². The molecule has 0 radical (unpaired) electrons. The average Bonchev–Trinajstić information content (AvgIpc) is 3.44. The van der Waals surface area contributed by atoms with Crippen LogP contribution in [0.15, 0.2) is 34.9 Å². The van der Waals surface area contributed by atoms with Gasteiger partial charge in [-0.25, -0.2) is 4.79 Å². The van der Waals surface area contributed by atoms with Gasteiger partial charge in [0.2, 0.25) is 5.76 Å². The largest absolute Gasteiger partial charge is 0.480 e. The van der Waals surface area contributed by atoms with E-state index in [-0.39, 0.29) is 11.7 Å². The molecule has 1 atom stereocenters. The van der Waals surface area contributed by atoms with Crippen molar-refractivity contribution in [1.82, 2.24) is 10.1 Å². The van der Waals surface area contributed by atoms with E-state index in [0.29, 0.717) is 30.1 Å². The zero-order valence-corrected chi connectivity index (χ0v) is 15.3. The quantitative estimate of drug-likeness (QED) is 0.821. The molecule has 1 saturated carbocycles. The first-order chi connectivity index (χ1) is 13.5. The zero-order chi connectivity index (χ0) is 19.7. The van der Waals surface area contributed by atoms with Crippen LogP contribution in [0.4, 0.5) is 5.69 Å². The second kappa shape index (κ2) is 7.46. The predicted molar refractivity (Wildman–Crippen MR) is 99.2 cm³/mol. The highest BCUT2D eigenvalue weighted by Gasteiger charge is 2.32. The van der Waals surface area contributed by atoms with E-state index in [0.717, 1.165) is 31.4 Å². The fourth-order valence-corrected chi connectivity index (χ4v) is 3.49. The molecule has 0 bridgehead atoms. The van der Waals surface area contributed by atoms with Crippen LogP contribution in [0.1, 0.15) is 64.6 Å². The molecule has 1 unspecified atom stereocenters. The molecule has 1 aliphatic heterocycles. The van der Waals surface area contributed by atoms with Crippen LogP contribution >= 0.6 is 0 Å². The lowest BCUT2D eigenvalue weighted by molar-refractivity contribution is -0.143. The number of amides is 2. The normalized spacial score (nSPS) is 19.3. The third-order valence-corrected chi connectivity index (χ3v) is 5.16. The molecule has 2 N–H and O–H groups in total. The Morgan fingerprint density at radius 2 is 1.96 bits per heavy atom. The fourth-order valence-electron chi connectivity index (χ4n) is 3.49. The van der Waals surface area contributed by atoms with Crippen LogP contribution < -0.4 is 5.32 Å². The van der Waals surface area contributed by atoms with E-state index in [9.17, 15) is 19.5 Å². The van der Waals surface area contributed by atoms with Crippen molar-refractivity contribution in [2.75, 3.05) is 11.9 Å². The first-order valence-corrected chi connectivity index (χ1v) is 9.45. The van der Waals surface area contributed by atoms with Gasteiger partial charge in [0.05, 0.1) is 5.69 Å².